The fourth-order valence-corrected chi connectivity index (χ4v) is 2.68. The zero-order chi connectivity index (χ0) is 15.3. The molecule has 0 aromatic heterocycles. The summed E-state index contributed by atoms with van der Waals surface area (Å²) >= 11 is 0. The van der Waals surface area contributed by atoms with E-state index in [4.69, 9.17) is 0 Å². The lowest BCUT2D eigenvalue weighted by atomic mass is 10.3. The number of hydrogen-bond donors (Lipinski definition) is 1. The largest absolute Gasteiger partial charge is 0.467 e. The predicted molar refractivity (Wildman–Crippen MR) is 67.3 cm³/mol. The van der Waals surface area contributed by atoms with E-state index in [2.05, 4.69) is 10.1 Å². The molecule has 0 bridgehead atoms. The van der Waals surface area contributed by atoms with Gasteiger partial charge in [0.1, 0.15) is 17.7 Å². The molecule has 1 aromatic carbocycles. The van der Waals surface area contributed by atoms with Crippen molar-refractivity contribution in [2.75, 3.05) is 12.9 Å². The Morgan fingerprint density at radius 3 is 2.60 bits per heavy atom. The van der Waals surface area contributed by atoms with E-state index in [1.54, 1.807) is 0 Å². The molecule has 0 heterocycles. The second-order valence-corrected chi connectivity index (χ2v) is 5.33. The smallest absolute Gasteiger partial charge is 0.329 e. The van der Waals surface area contributed by atoms with Crippen LogP contribution in [0.15, 0.2) is 23.1 Å². The zero-order valence-electron chi connectivity index (χ0n) is 10.8. The number of methoxy groups -OCH3 is 1. The van der Waals surface area contributed by atoms with Gasteiger partial charge in [0, 0.05) is 6.92 Å². The van der Waals surface area contributed by atoms with Crippen molar-refractivity contribution in [1.29, 1.82) is 0 Å². The van der Waals surface area contributed by atoms with Crippen molar-refractivity contribution >= 4 is 22.7 Å². The average molecular weight is 305 g/mol. The first-order chi connectivity index (χ1) is 9.35. The number of halogens is 2. The van der Waals surface area contributed by atoms with Crippen molar-refractivity contribution in [1.82, 2.24) is 5.32 Å². The summed E-state index contributed by atoms with van der Waals surface area (Å²) in [6.07, 6.45) is 0. The third-order valence-electron chi connectivity index (χ3n) is 2.32. The topological polar surface area (TPSA) is 72.5 Å². The molecule has 2 unspecified atom stereocenters. The van der Waals surface area contributed by atoms with Crippen molar-refractivity contribution in [3.8, 4) is 0 Å². The number of nitrogens with one attached hydrogen (secondary N) is 1. The SMILES string of the molecule is COC(=O)C(CS(=O)c1cc(F)ccc1F)NC(C)=O. The Hall–Kier alpha value is -1.83. The van der Waals surface area contributed by atoms with Crippen LogP contribution in [0.3, 0.4) is 0 Å². The molecule has 20 heavy (non-hydrogen) atoms. The normalized spacial score (nSPS) is 13.4. The molecule has 1 aromatic rings. The molecule has 1 rings (SSSR count). The van der Waals surface area contributed by atoms with Crippen LogP contribution in [0.5, 0.6) is 0 Å². The van der Waals surface area contributed by atoms with Crippen LogP contribution in [-0.4, -0.2) is 35.0 Å². The molecular formula is C12H13F2NO4S. The Labute approximate surface area is 116 Å². The third-order valence-corrected chi connectivity index (χ3v) is 3.76. The molecule has 0 aliphatic heterocycles. The lowest BCUT2D eigenvalue weighted by Crippen LogP contribution is -2.44. The summed E-state index contributed by atoms with van der Waals surface area (Å²) < 4.78 is 42.9. The van der Waals surface area contributed by atoms with Gasteiger partial charge in [0.05, 0.1) is 28.6 Å². The van der Waals surface area contributed by atoms with Gasteiger partial charge < -0.3 is 10.1 Å². The van der Waals surface area contributed by atoms with E-state index in [0.717, 1.165) is 25.3 Å². The van der Waals surface area contributed by atoms with Gasteiger partial charge >= 0.3 is 5.97 Å². The van der Waals surface area contributed by atoms with Crippen LogP contribution in [0.2, 0.25) is 0 Å². The molecule has 0 saturated heterocycles. The quantitative estimate of drug-likeness (QED) is 0.815. The Bertz CT molecular complexity index is 550. The summed E-state index contributed by atoms with van der Waals surface area (Å²) in [5.74, 6) is -3.35. The second kappa shape index (κ2) is 7.09. The zero-order valence-corrected chi connectivity index (χ0v) is 11.6. The van der Waals surface area contributed by atoms with Crippen LogP contribution in [-0.2, 0) is 25.1 Å². The summed E-state index contributed by atoms with van der Waals surface area (Å²) in [5.41, 5.74) is 0. The average Bonchev–Trinajstić information content (AvgIpc) is 2.39. The van der Waals surface area contributed by atoms with Crippen molar-refractivity contribution in [3.05, 3.63) is 29.8 Å². The number of amides is 1. The van der Waals surface area contributed by atoms with Crippen LogP contribution in [0, 0.1) is 11.6 Å². The third kappa shape index (κ3) is 4.37. The fraction of sp³-hybridized carbons (Fsp3) is 0.333. The lowest BCUT2D eigenvalue weighted by Gasteiger charge is -2.15. The summed E-state index contributed by atoms with van der Waals surface area (Å²) in [6, 6.07) is 1.32. The van der Waals surface area contributed by atoms with Gasteiger partial charge in [-0.15, -0.1) is 0 Å². The van der Waals surface area contributed by atoms with Gasteiger partial charge in [-0.2, -0.15) is 0 Å². The van der Waals surface area contributed by atoms with Crippen molar-refractivity contribution in [2.24, 2.45) is 0 Å². The molecule has 0 saturated carbocycles. The molecule has 0 radical (unpaired) electrons. The molecule has 8 heteroatoms. The number of esters is 1. The van der Waals surface area contributed by atoms with E-state index in [0.29, 0.717) is 0 Å². The Kier molecular flexibility index (Phi) is 5.75. The monoisotopic (exact) mass is 305 g/mol. The van der Waals surface area contributed by atoms with Crippen LogP contribution >= 0.6 is 0 Å². The predicted octanol–water partition coefficient (Wildman–Crippen LogP) is 0.750. The first-order valence-electron chi connectivity index (χ1n) is 5.53. The fourth-order valence-electron chi connectivity index (χ4n) is 1.45. The van der Waals surface area contributed by atoms with Gasteiger partial charge in [-0.1, -0.05) is 0 Å². The minimum Gasteiger partial charge on any atom is -0.467 e. The highest BCUT2D eigenvalue weighted by molar-refractivity contribution is 7.85. The minimum absolute atomic E-state index is 0.371. The lowest BCUT2D eigenvalue weighted by molar-refractivity contribution is -0.144. The van der Waals surface area contributed by atoms with Crippen molar-refractivity contribution in [2.45, 2.75) is 17.9 Å². The van der Waals surface area contributed by atoms with Crippen LogP contribution in [0.4, 0.5) is 8.78 Å². The number of rotatable bonds is 5. The highest BCUT2D eigenvalue weighted by Crippen LogP contribution is 2.15. The van der Waals surface area contributed by atoms with Crippen LogP contribution < -0.4 is 5.32 Å². The molecule has 0 fully saturated rings. The molecule has 5 nitrogen and oxygen atoms in total. The first kappa shape index (κ1) is 16.2. The molecule has 1 amide bonds. The van der Waals surface area contributed by atoms with Gasteiger partial charge in [-0.05, 0) is 18.2 Å². The van der Waals surface area contributed by atoms with E-state index in [9.17, 15) is 22.6 Å². The molecule has 0 spiro atoms. The van der Waals surface area contributed by atoms with E-state index >= 15 is 0 Å². The van der Waals surface area contributed by atoms with Crippen molar-refractivity contribution in [3.63, 3.8) is 0 Å². The standard InChI is InChI=1S/C12H13F2NO4S/c1-7(16)15-10(12(17)19-2)6-20(18)11-5-8(13)3-4-9(11)14/h3-5,10H,6H2,1-2H3,(H,15,16). The van der Waals surface area contributed by atoms with E-state index < -0.39 is 46.1 Å². The molecule has 110 valence electrons. The number of carbonyl (C=O) groups is 2. The Morgan fingerprint density at radius 1 is 1.40 bits per heavy atom. The van der Waals surface area contributed by atoms with Crippen molar-refractivity contribution < 1.29 is 27.3 Å². The number of hydrogen-bond acceptors (Lipinski definition) is 4. The number of ether oxygens (including phenoxy) is 1. The van der Waals surface area contributed by atoms with Gasteiger partial charge in [0.25, 0.3) is 0 Å². The first-order valence-corrected chi connectivity index (χ1v) is 6.85. The summed E-state index contributed by atoms with van der Waals surface area (Å²) in [4.78, 5) is 22.0. The highest BCUT2D eigenvalue weighted by atomic mass is 32.2. The van der Waals surface area contributed by atoms with E-state index in [1.807, 2.05) is 0 Å². The van der Waals surface area contributed by atoms with Gasteiger partial charge in [0.2, 0.25) is 5.91 Å². The van der Waals surface area contributed by atoms with Gasteiger partial charge in [-0.25, -0.2) is 13.6 Å². The van der Waals surface area contributed by atoms with E-state index in [1.165, 1.54) is 6.92 Å². The molecule has 2 atom stereocenters. The van der Waals surface area contributed by atoms with Gasteiger partial charge in [-0.3, -0.25) is 9.00 Å². The number of benzene rings is 1. The summed E-state index contributed by atoms with van der Waals surface area (Å²) in [6.45, 7) is 1.17. The van der Waals surface area contributed by atoms with Gasteiger partial charge in [0.15, 0.2) is 0 Å². The molecule has 0 aliphatic rings. The summed E-state index contributed by atoms with van der Waals surface area (Å²) in [5, 5.41) is 2.24. The van der Waals surface area contributed by atoms with E-state index in [-0.39, 0.29) is 4.90 Å². The number of carbonyl (C=O) groups excluding carboxylic acids is 2. The summed E-state index contributed by atoms with van der Waals surface area (Å²) in [7, 11) is -0.904. The minimum atomic E-state index is -2.00. The maximum atomic E-state index is 13.5. The molecule has 0 aliphatic carbocycles. The Balaban J connectivity index is 2.92. The molecular weight excluding hydrogens is 292 g/mol. The second-order valence-electron chi connectivity index (χ2n) is 3.86. The maximum absolute atomic E-state index is 13.5. The highest BCUT2D eigenvalue weighted by Gasteiger charge is 2.24. The van der Waals surface area contributed by atoms with Crippen LogP contribution in [0.25, 0.3) is 0 Å². The Morgan fingerprint density at radius 2 is 2.05 bits per heavy atom. The maximum Gasteiger partial charge on any atom is 0.329 e. The van der Waals surface area contributed by atoms with Crippen LogP contribution in [0.1, 0.15) is 6.92 Å². The molecule has 1 N–H and O–H groups in total.